The number of hydrogen-bond acceptors (Lipinski definition) is 3. The highest BCUT2D eigenvalue weighted by atomic mass is 16.3. The zero-order valence-corrected chi connectivity index (χ0v) is 11.3. The van der Waals surface area contributed by atoms with Gasteiger partial charge in [0.25, 0.3) is 0 Å². The summed E-state index contributed by atoms with van der Waals surface area (Å²) < 4.78 is 1.69. The maximum Gasteiger partial charge on any atom is 0.228 e. The summed E-state index contributed by atoms with van der Waals surface area (Å²) in [6, 6.07) is 13.1. The lowest BCUT2D eigenvalue weighted by molar-refractivity contribution is 0.0946. The number of carbonyl (C=O) groups is 1. The molecular formula is C16H14N2O2. The smallest absolute Gasteiger partial charge is 0.228 e. The van der Waals surface area contributed by atoms with E-state index in [1.807, 2.05) is 42.5 Å². The maximum atomic E-state index is 12.0. The molecule has 20 heavy (non-hydrogen) atoms. The first-order chi connectivity index (χ1) is 9.63. The number of nitroso groups, excluding NO2 is 1. The van der Waals surface area contributed by atoms with Crippen molar-refractivity contribution in [1.29, 1.82) is 0 Å². The first kappa shape index (κ1) is 12.5. The number of rotatable bonds is 2. The van der Waals surface area contributed by atoms with E-state index in [9.17, 15) is 9.70 Å². The Labute approximate surface area is 116 Å². The second-order valence-corrected chi connectivity index (χ2v) is 4.93. The van der Waals surface area contributed by atoms with E-state index in [0.29, 0.717) is 0 Å². The summed E-state index contributed by atoms with van der Waals surface area (Å²) in [6.45, 7) is 3.29. The highest BCUT2D eigenvalue weighted by molar-refractivity contribution is 6.13. The van der Waals surface area contributed by atoms with E-state index < -0.39 is 6.04 Å². The number of benzene rings is 2. The van der Waals surface area contributed by atoms with Crippen molar-refractivity contribution >= 4 is 27.7 Å². The first-order valence-corrected chi connectivity index (χ1v) is 6.50. The predicted octanol–water partition coefficient (Wildman–Crippen LogP) is 4.28. The van der Waals surface area contributed by atoms with Crippen LogP contribution < -0.4 is 0 Å². The minimum Gasteiger partial charge on any atom is -0.280 e. The molecule has 1 unspecified atom stereocenters. The van der Waals surface area contributed by atoms with Crippen LogP contribution in [0.1, 0.15) is 30.2 Å². The van der Waals surface area contributed by atoms with Gasteiger partial charge < -0.3 is 0 Å². The lowest BCUT2D eigenvalue weighted by Gasteiger charge is -2.05. The van der Waals surface area contributed by atoms with Gasteiger partial charge in [-0.3, -0.25) is 9.36 Å². The normalized spacial score (nSPS) is 12.7. The minimum atomic E-state index is -0.419. The van der Waals surface area contributed by atoms with E-state index in [1.165, 1.54) is 0 Å². The van der Waals surface area contributed by atoms with Gasteiger partial charge in [0.05, 0.1) is 11.0 Å². The molecule has 2 aromatic carbocycles. The molecule has 0 aliphatic carbocycles. The molecule has 0 saturated carbocycles. The Bertz CT molecular complexity index is 833. The molecule has 0 radical (unpaired) electrons. The van der Waals surface area contributed by atoms with Crippen LogP contribution in [-0.2, 0) is 0 Å². The molecule has 4 heteroatoms. The molecule has 0 bridgehead atoms. The third-order valence-electron chi connectivity index (χ3n) is 3.65. The van der Waals surface area contributed by atoms with Crippen LogP contribution in [0.15, 0.2) is 47.6 Å². The van der Waals surface area contributed by atoms with Crippen molar-refractivity contribution in [2.24, 2.45) is 5.18 Å². The molecule has 3 rings (SSSR count). The molecular weight excluding hydrogens is 252 g/mol. The van der Waals surface area contributed by atoms with Gasteiger partial charge in [0.2, 0.25) is 5.91 Å². The standard InChI is InChI=1S/C16H14N2O2/c1-10(17-20)12-7-8-14-13-5-3-4-6-15(13)18(11(2)19)16(14)9-12/h3-10H,1-2H3. The van der Waals surface area contributed by atoms with Crippen molar-refractivity contribution < 1.29 is 4.79 Å². The molecule has 0 saturated heterocycles. The Hall–Kier alpha value is -2.49. The first-order valence-electron chi connectivity index (χ1n) is 6.50. The van der Waals surface area contributed by atoms with Gasteiger partial charge in [0, 0.05) is 17.7 Å². The Morgan fingerprint density at radius 2 is 1.80 bits per heavy atom. The molecule has 0 aliphatic rings. The van der Waals surface area contributed by atoms with Gasteiger partial charge in [-0.05, 0) is 24.6 Å². The molecule has 0 amide bonds. The van der Waals surface area contributed by atoms with Crippen molar-refractivity contribution in [1.82, 2.24) is 4.57 Å². The average Bonchev–Trinajstić information content (AvgIpc) is 2.80. The van der Waals surface area contributed by atoms with Gasteiger partial charge in [0.15, 0.2) is 0 Å². The average molecular weight is 266 g/mol. The molecule has 4 nitrogen and oxygen atoms in total. The van der Waals surface area contributed by atoms with E-state index in [1.54, 1.807) is 18.4 Å². The van der Waals surface area contributed by atoms with Crippen LogP contribution in [0.4, 0.5) is 0 Å². The van der Waals surface area contributed by atoms with Crippen LogP contribution in [0, 0.1) is 4.91 Å². The SMILES string of the molecule is CC(=O)n1c2ccccc2c2ccc(C(C)N=O)cc21. The fourth-order valence-corrected chi connectivity index (χ4v) is 2.65. The van der Waals surface area contributed by atoms with Crippen LogP contribution in [0.3, 0.4) is 0 Å². The molecule has 1 atom stereocenters. The molecule has 0 fully saturated rings. The quantitative estimate of drug-likeness (QED) is 0.650. The molecule has 1 heterocycles. The minimum absolute atomic E-state index is 0.0416. The van der Waals surface area contributed by atoms with Crippen molar-refractivity contribution in [3.05, 3.63) is 52.9 Å². The number of hydrogen-bond donors (Lipinski definition) is 0. The van der Waals surface area contributed by atoms with Crippen LogP contribution in [0.25, 0.3) is 21.8 Å². The Morgan fingerprint density at radius 3 is 2.50 bits per heavy atom. The van der Waals surface area contributed by atoms with Crippen molar-refractivity contribution in [2.75, 3.05) is 0 Å². The number of fused-ring (bicyclic) bond motifs is 3. The highest BCUT2D eigenvalue weighted by Gasteiger charge is 2.15. The zero-order chi connectivity index (χ0) is 14.3. The Morgan fingerprint density at radius 1 is 1.10 bits per heavy atom. The predicted molar refractivity (Wildman–Crippen MR) is 80.0 cm³/mol. The third kappa shape index (κ3) is 1.72. The lowest BCUT2D eigenvalue weighted by atomic mass is 10.1. The van der Waals surface area contributed by atoms with Gasteiger partial charge in [-0.2, -0.15) is 4.91 Å². The van der Waals surface area contributed by atoms with E-state index >= 15 is 0 Å². The van der Waals surface area contributed by atoms with Gasteiger partial charge in [-0.1, -0.05) is 35.5 Å². The largest absolute Gasteiger partial charge is 0.280 e. The monoisotopic (exact) mass is 266 g/mol. The van der Waals surface area contributed by atoms with Crippen molar-refractivity contribution in [2.45, 2.75) is 19.9 Å². The number of nitrogens with zero attached hydrogens (tertiary/aromatic N) is 2. The van der Waals surface area contributed by atoms with Gasteiger partial charge in [-0.15, -0.1) is 0 Å². The number of carbonyl (C=O) groups excluding carboxylic acids is 1. The van der Waals surface area contributed by atoms with Gasteiger partial charge in [0.1, 0.15) is 6.04 Å². The van der Waals surface area contributed by atoms with Crippen LogP contribution in [0.5, 0.6) is 0 Å². The summed E-state index contributed by atoms with van der Waals surface area (Å²) in [5, 5.41) is 5.10. The fourth-order valence-electron chi connectivity index (χ4n) is 2.65. The molecule has 0 spiro atoms. The summed E-state index contributed by atoms with van der Waals surface area (Å²) in [5.74, 6) is -0.0416. The summed E-state index contributed by atoms with van der Waals surface area (Å²) in [7, 11) is 0. The van der Waals surface area contributed by atoms with Gasteiger partial charge in [-0.25, -0.2) is 0 Å². The molecule has 0 N–H and O–H groups in total. The van der Waals surface area contributed by atoms with E-state index in [2.05, 4.69) is 5.18 Å². The van der Waals surface area contributed by atoms with Crippen LogP contribution >= 0.6 is 0 Å². The molecule has 3 aromatic rings. The Balaban J connectivity index is 2.44. The summed E-state index contributed by atoms with van der Waals surface area (Å²) in [6.07, 6.45) is 0. The molecule has 1 aromatic heterocycles. The van der Waals surface area contributed by atoms with Crippen molar-refractivity contribution in [3.63, 3.8) is 0 Å². The molecule has 0 aliphatic heterocycles. The summed E-state index contributed by atoms with van der Waals surface area (Å²) in [5.41, 5.74) is 2.53. The van der Waals surface area contributed by atoms with Gasteiger partial charge >= 0.3 is 0 Å². The molecule has 100 valence electrons. The zero-order valence-electron chi connectivity index (χ0n) is 11.3. The van der Waals surface area contributed by atoms with Crippen LogP contribution in [0.2, 0.25) is 0 Å². The number of aromatic nitrogens is 1. The van der Waals surface area contributed by atoms with E-state index in [-0.39, 0.29) is 5.91 Å². The fraction of sp³-hybridized carbons (Fsp3) is 0.188. The summed E-state index contributed by atoms with van der Waals surface area (Å²) in [4.78, 5) is 22.7. The highest BCUT2D eigenvalue weighted by Crippen LogP contribution is 2.31. The van der Waals surface area contributed by atoms with E-state index in [4.69, 9.17) is 0 Å². The van der Waals surface area contributed by atoms with Crippen LogP contribution in [-0.4, -0.2) is 10.5 Å². The lowest BCUT2D eigenvalue weighted by Crippen LogP contribution is -2.04. The van der Waals surface area contributed by atoms with Crippen molar-refractivity contribution in [3.8, 4) is 0 Å². The topological polar surface area (TPSA) is 51.4 Å². The van der Waals surface area contributed by atoms with E-state index in [0.717, 1.165) is 27.4 Å². The third-order valence-corrected chi connectivity index (χ3v) is 3.65. The second-order valence-electron chi connectivity index (χ2n) is 4.93. The Kier molecular flexibility index (Phi) is 2.86. The number of para-hydroxylation sites is 1. The summed E-state index contributed by atoms with van der Waals surface area (Å²) >= 11 is 0. The second kappa shape index (κ2) is 4.56. The maximum absolute atomic E-state index is 12.0.